The van der Waals surface area contributed by atoms with Crippen LogP contribution in [-0.4, -0.2) is 62.1 Å². The van der Waals surface area contributed by atoms with E-state index >= 15 is 0 Å². The minimum absolute atomic E-state index is 0.0315. The zero-order valence-corrected chi connectivity index (χ0v) is 18.5. The Morgan fingerprint density at radius 2 is 2.18 bits per heavy atom. The summed E-state index contributed by atoms with van der Waals surface area (Å²) in [6, 6.07) is 5.14. The summed E-state index contributed by atoms with van der Waals surface area (Å²) in [6.45, 7) is 2.81. The molecule has 1 amide bonds. The fraction of sp³-hybridized carbons (Fsp3) is 0.455. The van der Waals surface area contributed by atoms with Gasteiger partial charge in [0.1, 0.15) is 22.9 Å². The van der Waals surface area contributed by atoms with Gasteiger partial charge >= 0.3 is 0 Å². The Morgan fingerprint density at radius 1 is 1.36 bits per heavy atom. The first-order valence-corrected chi connectivity index (χ1v) is 11.0. The molecular weight excluding hydrogens is 426 g/mol. The molecule has 33 heavy (non-hydrogen) atoms. The normalized spacial score (nSPS) is 22.8. The zero-order valence-electron chi connectivity index (χ0n) is 18.5. The fourth-order valence-corrected chi connectivity index (χ4v) is 4.39. The highest BCUT2D eigenvalue weighted by Gasteiger charge is 2.34. The molecule has 1 saturated carbocycles. The van der Waals surface area contributed by atoms with Crippen LogP contribution < -0.4 is 21.5 Å². The van der Waals surface area contributed by atoms with Gasteiger partial charge in [-0.05, 0) is 38.3 Å². The van der Waals surface area contributed by atoms with Gasteiger partial charge in [0.2, 0.25) is 0 Å². The van der Waals surface area contributed by atoms with Gasteiger partial charge < -0.3 is 30.4 Å². The van der Waals surface area contributed by atoms with Crippen molar-refractivity contribution in [1.82, 2.24) is 24.5 Å². The van der Waals surface area contributed by atoms with Crippen molar-refractivity contribution in [3.8, 4) is 0 Å². The lowest BCUT2D eigenvalue weighted by Crippen LogP contribution is -2.37. The summed E-state index contributed by atoms with van der Waals surface area (Å²) >= 11 is 0. The highest BCUT2D eigenvalue weighted by molar-refractivity contribution is 6.00. The van der Waals surface area contributed by atoms with E-state index in [9.17, 15) is 14.7 Å². The topological polar surface area (TPSA) is 135 Å². The van der Waals surface area contributed by atoms with Crippen LogP contribution in [0, 0.1) is 0 Å². The molecule has 0 bridgehead atoms. The number of hydrogen-bond donors (Lipinski definition) is 4. The highest BCUT2D eigenvalue weighted by Crippen LogP contribution is 2.29. The molecule has 174 valence electrons. The van der Waals surface area contributed by atoms with E-state index in [-0.39, 0.29) is 23.6 Å². The van der Waals surface area contributed by atoms with Gasteiger partial charge in [0.15, 0.2) is 5.65 Å². The Labute approximate surface area is 189 Å². The number of rotatable bonds is 6. The molecular formula is C22H27N7O4. The number of nitrogens with one attached hydrogen (secondary N) is 3. The Bertz CT molecular complexity index is 1260. The van der Waals surface area contributed by atoms with Crippen LogP contribution in [0.4, 0.5) is 17.3 Å². The van der Waals surface area contributed by atoms with Crippen LogP contribution in [-0.2, 0) is 4.74 Å². The van der Waals surface area contributed by atoms with Gasteiger partial charge in [0, 0.05) is 25.4 Å². The van der Waals surface area contributed by atoms with E-state index in [0.717, 1.165) is 0 Å². The maximum absolute atomic E-state index is 13.0. The number of aliphatic hydroxyl groups is 1. The molecule has 2 aliphatic rings. The zero-order chi connectivity index (χ0) is 23.2. The van der Waals surface area contributed by atoms with Gasteiger partial charge in [-0.15, -0.1) is 0 Å². The molecule has 0 spiro atoms. The monoisotopic (exact) mass is 453 g/mol. The molecule has 5 rings (SSSR count). The van der Waals surface area contributed by atoms with Crippen molar-refractivity contribution in [3.05, 3.63) is 46.5 Å². The first kappa shape index (κ1) is 21.4. The molecule has 0 radical (unpaired) electrons. The summed E-state index contributed by atoms with van der Waals surface area (Å²) < 4.78 is 8.40. The van der Waals surface area contributed by atoms with E-state index in [2.05, 4.69) is 26.0 Å². The molecule has 2 atom stereocenters. The van der Waals surface area contributed by atoms with Crippen molar-refractivity contribution in [2.75, 3.05) is 30.9 Å². The molecule has 1 aliphatic heterocycles. The van der Waals surface area contributed by atoms with Gasteiger partial charge in [-0.25, -0.2) is 4.98 Å². The van der Waals surface area contributed by atoms with Crippen LogP contribution in [0.25, 0.3) is 5.65 Å². The molecule has 11 heteroatoms. The van der Waals surface area contributed by atoms with Gasteiger partial charge in [-0.3, -0.25) is 9.59 Å². The van der Waals surface area contributed by atoms with Crippen LogP contribution in [0.2, 0.25) is 0 Å². The van der Waals surface area contributed by atoms with Crippen molar-refractivity contribution in [2.24, 2.45) is 0 Å². The van der Waals surface area contributed by atoms with Crippen molar-refractivity contribution >= 4 is 28.9 Å². The number of fused-ring (bicyclic) bond motifs is 1. The lowest BCUT2D eigenvalue weighted by molar-refractivity contribution is -0.0247. The number of nitrogens with zero attached hydrogens (tertiary/aromatic N) is 4. The minimum atomic E-state index is -0.762. The van der Waals surface area contributed by atoms with E-state index in [0.29, 0.717) is 61.0 Å². The number of pyridine rings is 1. The standard InChI is InChI=1S/C22H27N7O4/c1-22(32)6-5-13(9-22)25-20(30)15-10-24-29-18(23-2)8-17(27-19(15)29)26-16-4-3-7-28(21(16)31)14-11-33-12-14/h3-4,7-8,10,13-14,23,32H,5-6,9,11-12H2,1-2H3,(H,25,30)(H,26,27)/t13?,22-/m1/s1. The van der Waals surface area contributed by atoms with E-state index in [1.54, 1.807) is 47.4 Å². The average molecular weight is 454 g/mol. The summed E-state index contributed by atoms with van der Waals surface area (Å²) in [4.78, 5) is 30.5. The first-order valence-electron chi connectivity index (χ1n) is 11.0. The van der Waals surface area contributed by atoms with E-state index in [1.165, 1.54) is 6.20 Å². The van der Waals surface area contributed by atoms with E-state index < -0.39 is 5.60 Å². The number of carbonyl (C=O) groups is 1. The Hall–Kier alpha value is -3.44. The van der Waals surface area contributed by atoms with Crippen LogP contribution in [0.15, 0.2) is 35.4 Å². The van der Waals surface area contributed by atoms with E-state index in [4.69, 9.17) is 4.74 Å². The quantitative estimate of drug-likeness (QED) is 0.438. The minimum Gasteiger partial charge on any atom is -0.390 e. The van der Waals surface area contributed by atoms with Crippen LogP contribution in [0.3, 0.4) is 0 Å². The van der Waals surface area contributed by atoms with Gasteiger partial charge in [0.25, 0.3) is 11.5 Å². The molecule has 1 saturated heterocycles. The Morgan fingerprint density at radius 3 is 2.85 bits per heavy atom. The van der Waals surface area contributed by atoms with E-state index in [1.807, 2.05) is 0 Å². The largest absolute Gasteiger partial charge is 0.390 e. The number of anilines is 3. The van der Waals surface area contributed by atoms with Gasteiger partial charge in [0.05, 0.1) is 31.1 Å². The maximum atomic E-state index is 13.0. The van der Waals surface area contributed by atoms with Crippen molar-refractivity contribution < 1.29 is 14.6 Å². The predicted octanol–water partition coefficient (Wildman–Crippen LogP) is 1.28. The smallest absolute Gasteiger partial charge is 0.274 e. The fourth-order valence-electron chi connectivity index (χ4n) is 4.39. The number of hydrogen-bond acceptors (Lipinski definition) is 8. The van der Waals surface area contributed by atoms with Crippen LogP contribution in [0.1, 0.15) is 42.6 Å². The van der Waals surface area contributed by atoms with Crippen molar-refractivity contribution in [3.63, 3.8) is 0 Å². The summed E-state index contributed by atoms with van der Waals surface area (Å²) in [5, 5.41) is 23.6. The lowest BCUT2D eigenvalue weighted by Gasteiger charge is -2.28. The molecule has 3 aromatic rings. The van der Waals surface area contributed by atoms with Crippen LogP contribution in [0.5, 0.6) is 0 Å². The summed E-state index contributed by atoms with van der Waals surface area (Å²) in [5.74, 6) is 0.713. The first-order chi connectivity index (χ1) is 15.8. The summed E-state index contributed by atoms with van der Waals surface area (Å²) in [6.07, 6.45) is 5.08. The molecule has 11 nitrogen and oxygen atoms in total. The third kappa shape index (κ3) is 4.05. The molecule has 4 N–H and O–H groups in total. The summed E-state index contributed by atoms with van der Waals surface area (Å²) in [5.41, 5.74) is 0.122. The number of carbonyl (C=O) groups excluding carboxylic acids is 1. The predicted molar refractivity (Wildman–Crippen MR) is 122 cm³/mol. The molecule has 0 aromatic carbocycles. The molecule has 1 unspecified atom stereocenters. The second-order valence-electron chi connectivity index (χ2n) is 8.93. The molecule has 4 heterocycles. The van der Waals surface area contributed by atoms with Crippen molar-refractivity contribution in [1.29, 1.82) is 0 Å². The number of aromatic nitrogens is 4. The third-order valence-corrected chi connectivity index (χ3v) is 6.28. The van der Waals surface area contributed by atoms with Crippen molar-refractivity contribution in [2.45, 2.75) is 43.9 Å². The Balaban J connectivity index is 1.45. The molecule has 2 fully saturated rings. The van der Waals surface area contributed by atoms with Crippen LogP contribution >= 0.6 is 0 Å². The SMILES string of the molecule is CNc1cc(Nc2cccn(C3COC3)c2=O)nc2c(C(=O)NC3CC[C@@](C)(O)C3)cnn12. The van der Waals surface area contributed by atoms with Gasteiger partial charge in [-0.1, -0.05) is 0 Å². The lowest BCUT2D eigenvalue weighted by atomic mass is 10.1. The average Bonchev–Trinajstić information content (AvgIpc) is 3.31. The molecule has 1 aliphatic carbocycles. The second kappa shape index (κ2) is 8.16. The molecule has 3 aromatic heterocycles. The maximum Gasteiger partial charge on any atom is 0.274 e. The van der Waals surface area contributed by atoms with Gasteiger partial charge in [-0.2, -0.15) is 9.61 Å². The second-order valence-corrected chi connectivity index (χ2v) is 8.93. The number of ether oxygens (including phenoxy) is 1. The third-order valence-electron chi connectivity index (χ3n) is 6.28. The number of amides is 1. The Kier molecular flexibility index (Phi) is 5.29. The highest BCUT2D eigenvalue weighted by atomic mass is 16.5. The summed E-state index contributed by atoms with van der Waals surface area (Å²) in [7, 11) is 1.74.